The van der Waals surface area contributed by atoms with E-state index in [1.54, 1.807) is 30.0 Å². The van der Waals surface area contributed by atoms with Gasteiger partial charge < -0.3 is 15.2 Å². The van der Waals surface area contributed by atoms with Gasteiger partial charge in [-0.05, 0) is 30.7 Å². The summed E-state index contributed by atoms with van der Waals surface area (Å²) in [6.45, 7) is 2.15. The lowest BCUT2D eigenvalue weighted by atomic mass is 10.1. The summed E-state index contributed by atoms with van der Waals surface area (Å²) in [7, 11) is 0. The molecule has 0 saturated heterocycles. The van der Waals surface area contributed by atoms with Crippen molar-refractivity contribution in [2.24, 2.45) is 0 Å². The molecule has 0 saturated carbocycles. The van der Waals surface area contributed by atoms with Crippen LogP contribution in [0.2, 0.25) is 0 Å². The van der Waals surface area contributed by atoms with Crippen LogP contribution in [0.25, 0.3) is 11.3 Å². The highest BCUT2D eigenvalue weighted by molar-refractivity contribution is 9.10. The van der Waals surface area contributed by atoms with Crippen molar-refractivity contribution in [3.05, 3.63) is 52.5 Å². The van der Waals surface area contributed by atoms with E-state index < -0.39 is 6.23 Å². The Hall–Kier alpha value is -2.32. The normalized spacial score (nSPS) is 15.0. The fourth-order valence-corrected chi connectivity index (χ4v) is 4.21. The molecule has 0 aliphatic carbocycles. The Morgan fingerprint density at radius 2 is 2.07 bits per heavy atom. The number of thioether (sulfide) groups is 1. The lowest BCUT2D eigenvalue weighted by molar-refractivity contribution is 0.224. The van der Waals surface area contributed by atoms with E-state index in [4.69, 9.17) is 4.74 Å². The number of unbranched alkanes of at least 4 members (excludes halogenated alkanes) is 1. The fourth-order valence-electron chi connectivity index (χ4n) is 2.89. The van der Waals surface area contributed by atoms with Crippen molar-refractivity contribution >= 4 is 33.4 Å². The molecule has 144 valence electrons. The van der Waals surface area contributed by atoms with Crippen LogP contribution in [-0.4, -0.2) is 26.0 Å². The van der Waals surface area contributed by atoms with Crippen LogP contribution in [0.3, 0.4) is 0 Å². The second-order valence-corrected chi connectivity index (χ2v) is 8.26. The summed E-state index contributed by atoms with van der Waals surface area (Å²) in [5.74, 6) is 1.53. The second-order valence-electron chi connectivity index (χ2n) is 6.34. The van der Waals surface area contributed by atoms with E-state index in [1.807, 2.05) is 24.3 Å². The smallest absolute Gasteiger partial charge is 0.247 e. The number of ether oxygens (including phenoxy) is 1. The van der Waals surface area contributed by atoms with E-state index >= 15 is 0 Å². The van der Waals surface area contributed by atoms with Gasteiger partial charge >= 0.3 is 0 Å². The molecule has 28 heavy (non-hydrogen) atoms. The molecule has 0 fully saturated rings. The SMILES string of the molecule is CCCCSc1nnc2c(n1)OC(c1cc(O)ccc1Br)Nc1ccccc1-2. The molecule has 1 unspecified atom stereocenters. The van der Waals surface area contributed by atoms with Gasteiger partial charge in [-0.15, -0.1) is 10.2 Å². The molecule has 2 N–H and O–H groups in total. The molecule has 1 aliphatic heterocycles. The van der Waals surface area contributed by atoms with Gasteiger partial charge in [0.2, 0.25) is 11.0 Å². The van der Waals surface area contributed by atoms with Gasteiger partial charge in [0.05, 0.1) is 0 Å². The summed E-state index contributed by atoms with van der Waals surface area (Å²) >= 11 is 5.12. The fraction of sp³-hybridized carbons (Fsp3) is 0.250. The van der Waals surface area contributed by atoms with Crippen molar-refractivity contribution < 1.29 is 9.84 Å². The third-order valence-electron chi connectivity index (χ3n) is 4.32. The third kappa shape index (κ3) is 3.93. The Labute approximate surface area is 175 Å². The van der Waals surface area contributed by atoms with Crippen LogP contribution in [0.15, 0.2) is 52.1 Å². The van der Waals surface area contributed by atoms with E-state index in [9.17, 15) is 5.11 Å². The Morgan fingerprint density at radius 1 is 1.21 bits per heavy atom. The van der Waals surface area contributed by atoms with Crippen LogP contribution in [0.5, 0.6) is 11.6 Å². The number of rotatable bonds is 5. The predicted octanol–water partition coefficient (Wildman–Crippen LogP) is 5.40. The van der Waals surface area contributed by atoms with Crippen molar-refractivity contribution in [1.82, 2.24) is 15.2 Å². The van der Waals surface area contributed by atoms with E-state index in [0.717, 1.165) is 39.9 Å². The molecule has 1 aliphatic rings. The zero-order valence-electron chi connectivity index (χ0n) is 15.2. The topological polar surface area (TPSA) is 80.2 Å². The number of nitrogens with zero attached hydrogens (tertiary/aromatic N) is 3. The zero-order chi connectivity index (χ0) is 19.5. The maximum Gasteiger partial charge on any atom is 0.247 e. The Balaban J connectivity index is 1.77. The maximum absolute atomic E-state index is 9.95. The molecule has 3 aromatic rings. The number of phenols is 1. The molecule has 8 heteroatoms. The molecule has 0 amide bonds. The summed E-state index contributed by atoms with van der Waals surface area (Å²) in [6.07, 6.45) is 1.66. The highest BCUT2D eigenvalue weighted by Crippen LogP contribution is 2.41. The summed E-state index contributed by atoms with van der Waals surface area (Å²) in [5.41, 5.74) is 3.11. The van der Waals surface area contributed by atoms with Gasteiger partial charge in [-0.3, -0.25) is 0 Å². The molecule has 2 aromatic carbocycles. The molecule has 0 bridgehead atoms. The van der Waals surface area contributed by atoms with Gasteiger partial charge in [-0.25, -0.2) is 0 Å². The van der Waals surface area contributed by atoms with Crippen LogP contribution in [0.1, 0.15) is 31.6 Å². The lowest BCUT2D eigenvalue weighted by Crippen LogP contribution is -2.17. The molecule has 1 aromatic heterocycles. The second kappa shape index (κ2) is 8.36. The van der Waals surface area contributed by atoms with Crippen molar-refractivity contribution in [1.29, 1.82) is 0 Å². The number of hydrogen-bond donors (Lipinski definition) is 2. The van der Waals surface area contributed by atoms with E-state index in [0.29, 0.717) is 16.7 Å². The van der Waals surface area contributed by atoms with Crippen molar-refractivity contribution in [2.75, 3.05) is 11.1 Å². The first kappa shape index (κ1) is 19.0. The summed E-state index contributed by atoms with van der Waals surface area (Å²) in [6, 6.07) is 12.9. The minimum Gasteiger partial charge on any atom is -0.508 e. The van der Waals surface area contributed by atoms with Crippen LogP contribution in [-0.2, 0) is 0 Å². The van der Waals surface area contributed by atoms with Gasteiger partial charge in [0.1, 0.15) is 5.75 Å². The minimum atomic E-state index is -0.547. The van der Waals surface area contributed by atoms with Crippen molar-refractivity contribution in [3.63, 3.8) is 0 Å². The summed E-state index contributed by atoms with van der Waals surface area (Å²) < 4.78 is 7.05. The number of para-hydroxylation sites is 1. The van der Waals surface area contributed by atoms with Gasteiger partial charge in [-0.2, -0.15) is 4.98 Å². The van der Waals surface area contributed by atoms with Crippen LogP contribution in [0, 0.1) is 0 Å². The van der Waals surface area contributed by atoms with Gasteiger partial charge in [0, 0.05) is 27.0 Å². The summed E-state index contributed by atoms with van der Waals surface area (Å²) in [4.78, 5) is 4.62. The number of halogens is 1. The number of nitrogens with one attached hydrogen (secondary N) is 1. The van der Waals surface area contributed by atoms with Crippen molar-refractivity contribution in [2.45, 2.75) is 31.1 Å². The van der Waals surface area contributed by atoms with Crippen LogP contribution < -0.4 is 10.1 Å². The number of hydrogen-bond acceptors (Lipinski definition) is 7. The molecular formula is C20H19BrN4O2S. The maximum atomic E-state index is 9.95. The van der Waals surface area contributed by atoms with E-state index in [-0.39, 0.29) is 5.75 Å². The molecule has 1 atom stereocenters. The number of fused-ring (bicyclic) bond motifs is 3. The molecule has 0 spiro atoms. The average molecular weight is 459 g/mol. The monoisotopic (exact) mass is 458 g/mol. The Bertz CT molecular complexity index is 1000. The first-order chi connectivity index (χ1) is 13.7. The number of aromatic hydroxyl groups is 1. The van der Waals surface area contributed by atoms with Gasteiger partial charge in [-0.1, -0.05) is 59.2 Å². The Kier molecular flexibility index (Phi) is 5.68. The molecule has 6 nitrogen and oxygen atoms in total. The van der Waals surface area contributed by atoms with Crippen LogP contribution in [0.4, 0.5) is 5.69 Å². The first-order valence-corrected chi connectivity index (χ1v) is 10.8. The number of aromatic nitrogens is 3. The number of phenolic OH excluding ortho intramolecular Hbond substituents is 1. The third-order valence-corrected chi connectivity index (χ3v) is 5.97. The van der Waals surface area contributed by atoms with E-state index in [2.05, 4.69) is 43.4 Å². The highest BCUT2D eigenvalue weighted by atomic mass is 79.9. The molecule has 0 radical (unpaired) electrons. The molecular weight excluding hydrogens is 440 g/mol. The summed E-state index contributed by atoms with van der Waals surface area (Å²) in [5, 5.41) is 22.6. The number of anilines is 1. The first-order valence-electron chi connectivity index (χ1n) is 9.04. The van der Waals surface area contributed by atoms with Crippen molar-refractivity contribution in [3.8, 4) is 22.9 Å². The van der Waals surface area contributed by atoms with Crippen LogP contribution >= 0.6 is 27.7 Å². The highest BCUT2D eigenvalue weighted by Gasteiger charge is 2.27. The molecule has 4 rings (SSSR count). The lowest BCUT2D eigenvalue weighted by Gasteiger charge is -2.20. The predicted molar refractivity (Wildman–Crippen MR) is 114 cm³/mol. The minimum absolute atomic E-state index is 0.165. The quantitative estimate of drug-likeness (QED) is 0.391. The molecule has 2 heterocycles. The zero-order valence-corrected chi connectivity index (χ0v) is 17.6. The number of benzene rings is 2. The van der Waals surface area contributed by atoms with E-state index in [1.165, 1.54) is 0 Å². The average Bonchev–Trinajstić information content (AvgIpc) is 2.86. The Morgan fingerprint density at radius 3 is 2.93 bits per heavy atom. The van der Waals surface area contributed by atoms with Gasteiger partial charge in [0.25, 0.3) is 0 Å². The van der Waals surface area contributed by atoms with Gasteiger partial charge in [0.15, 0.2) is 11.9 Å². The largest absolute Gasteiger partial charge is 0.508 e. The standard InChI is InChI=1S/C20H19BrN4O2S/c1-2-3-10-28-20-23-19-17(24-25-20)13-6-4-5-7-16(13)22-18(27-19)14-11-12(26)8-9-15(14)21/h4-9,11,18,22,26H,2-3,10H2,1H3.